The maximum atomic E-state index is 10.5. The zero-order chi connectivity index (χ0) is 13.7. The third kappa shape index (κ3) is 3.30. The Bertz CT molecular complexity index is 563. The fourth-order valence-corrected chi connectivity index (χ4v) is 2.21. The molecule has 0 radical (unpaired) electrons. The summed E-state index contributed by atoms with van der Waals surface area (Å²) in [7, 11) is 0. The molecule has 0 aromatic carbocycles. The fraction of sp³-hybridized carbons (Fsp3) is 0.500. The maximum absolute atomic E-state index is 10.5. The van der Waals surface area contributed by atoms with E-state index in [0.717, 1.165) is 42.8 Å². The van der Waals surface area contributed by atoms with Gasteiger partial charge in [0.2, 0.25) is 0 Å². The van der Waals surface area contributed by atoms with Gasteiger partial charge in [0, 0.05) is 25.6 Å². The van der Waals surface area contributed by atoms with Crippen molar-refractivity contribution >= 4 is 17.1 Å². The van der Waals surface area contributed by atoms with Gasteiger partial charge in [-0.2, -0.15) is 0 Å². The molecule has 5 nitrogen and oxygen atoms in total. The first-order valence-corrected chi connectivity index (χ1v) is 6.74. The van der Waals surface area contributed by atoms with Gasteiger partial charge < -0.3 is 9.67 Å². The Balaban J connectivity index is 2.12. The van der Waals surface area contributed by atoms with E-state index in [9.17, 15) is 4.79 Å². The lowest BCUT2D eigenvalue weighted by Gasteiger charge is -2.06. The zero-order valence-corrected chi connectivity index (χ0v) is 11.2. The Morgan fingerprint density at radius 1 is 1.42 bits per heavy atom. The Morgan fingerprint density at radius 3 is 3.00 bits per heavy atom. The summed E-state index contributed by atoms with van der Waals surface area (Å²) in [6, 6.07) is 3.86. The molecule has 5 heteroatoms. The summed E-state index contributed by atoms with van der Waals surface area (Å²) in [6.07, 6.45) is 5.39. The molecule has 2 aromatic rings. The van der Waals surface area contributed by atoms with E-state index in [2.05, 4.69) is 21.5 Å². The lowest BCUT2D eigenvalue weighted by molar-refractivity contribution is -0.137. The highest BCUT2D eigenvalue weighted by atomic mass is 16.4. The molecule has 2 aromatic heterocycles. The van der Waals surface area contributed by atoms with Gasteiger partial charge in [0.1, 0.15) is 11.3 Å². The van der Waals surface area contributed by atoms with Crippen molar-refractivity contribution in [1.82, 2.24) is 14.5 Å². The molecule has 0 aliphatic heterocycles. The van der Waals surface area contributed by atoms with Gasteiger partial charge in [-0.1, -0.05) is 6.92 Å². The highest BCUT2D eigenvalue weighted by molar-refractivity contribution is 5.71. The summed E-state index contributed by atoms with van der Waals surface area (Å²) in [5.74, 6) is 0.282. The van der Waals surface area contributed by atoms with E-state index in [0.29, 0.717) is 6.42 Å². The van der Waals surface area contributed by atoms with Crippen LogP contribution in [-0.2, 0) is 17.8 Å². The van der Waals surface area contributed by atoms with Crippen molar-refractivity contribution in [2.24, 2.45) is 0 Å². The van der Waals surface area contributed by atoms with Gasteiger partial charge in [-0.25, -0.2) is 9.97 Å². The van der Waals surface area contributed by atoms with E-state index in [-0.39, 0.29) is 6.42 Å². The van der Waals surface area contributed by atoms with Gasteiger partial charge in [0.25, 0.3) is 0 Å². The molecule has 1 N–H and O–H groups in total. The standard InChI is InChI=1S/C14H19N3O2/c1-2-10-17-12(7-3-4-8-13(18)19)16-11-6-5-9-15-14(11)17/h5-6,9H,2-4,7-8,10H2,1H3,(H,18,19). The van der Waals surface area contributed by atoms with Crippen LogP contribution in [0.1, 0.15) is 38.4 Å². The average molecular weight is 261 g/mol. The first kappa shape index (κ1) is 13.5. The molecular formula is C14H19N3O2. The quantitative estimate of drug-likeness (QED) is 0.778. The van der Waals surface area contributed by atoms with E-state index < -0.39 is 5.97 Å². The van der Waals surface area contributed by atoms with Crippen LogP contribution in [0.25, 0.3) is 11.2 Å². The van der Waals surface area contributed by atoms with Gasteiger partial charge in [-0.05, 0) is 31.4 Å². The number of carboxylic acid groups (broad SMARTS) is 1. The van der Waals surface area contributed by atoms with E-state index in [4.69, 9.17) is 5.11 Å². The number of hydrogen-bond acceptors (Lipinski definition) is 3. The number of carbonyl (C=O) groups is 1. The summed E-state index contributed by atoms with van der Waals surface area (Å²) >= 11 is 0. The Kier molecular flexibility index (Phi) is 4.49. The highest BCUT2D eigenvalue weighted by Gasteiger charge is 2.10. The van der Waals surface area contributed by atoms with Crippen molar-refractivity contribution in [3.8, 4) is 0 Å². The molecule has 2 rings (SSSR count). The molecule has 0 fully saturated rings. The van der Waals surface area contributed by atoms with Crippen LogP contribution >= 0.6 is 0 Å². The number of unbranched alkanes of at least 4 members (excludes halogenated alkanes) is 1. The smallest absolute Gasteiger partial charge is 0.303 e. The van der Waals surface area contributed by atoms with Crippen LogP contribution in [0.2, 0.25) is 0 Å². The summed E-state index contributed by atoms with van der Waals surface area (Å²) in [5.41, 5.74) is 1.85. The van der Waals surface area contributed by atoms with Crippen molar-refractivity contribution in [1.29, 1.82) is 0 Å². The highest BCUT2D eigenvalue weighted by Crippen LogP contribution is 2.16. The lowest BCUT2D eigenvalue weighted by Crippen LogP contribution is -2.05. The first-order valence-electron chi connectivity index (χ1n) is 6.74. The first-order chi connectivity index (χ1) is 9.22. The Labute approximate surface area is 112 Å². The van der Waals surface area contributed by atoms with Gasteiger partial charge in [0.15, 0.2) is 5.65 Å². The third-order valence-electron chi connectivity index (χ3n) is 3.07. The predicted octanol–water partition coefficient (Wildman–Crippen LogP) is 2.64. The molecule has 0 unspecified atom stereocenters. The number of aromatic nitrogens is 3. The summed E-state index contributed by atoms with van der Waals surface area (Å²) in [5, 5.41) is 8.63. The number of fused-ring (bicyclic) bond motifs is 1. The van der Waals surface area contributed by atoms with Crippen molar-refractivity contribution < 1.29 is 9.90 Å². The Morgan fingerprint density at radius 2 is 2.26 bits per heavy atom. The second-order valence-electron chi connectivity index (χ2n) is 4.63. The minimum absolute atomic E-state index is 0.228. The van der Waals surface area contributed by atoms with E-state index in [1.807, 2.05) is 12.1 Å². The molecule has 0 aliphatic rings. The molecule has 102 valence electrons. The fourth-order valence-electron chi connectivity index (χ4n) is 2.21. The number of hydrogen-bond donors (Lipinski definition) is 1. The second-order valence-corrected chi connectivity index (χ2v) is 4.63. The zero-order valence-electron chi connectivity index (χ0n) is 11.2. The number of nitrogens with zero attached hydrogens (tertiary/aromatic N) is 3. The van der Waals surface area contributed by atoms with Crippen LogP contribution in [0.5, 0.6) is 0 Å². The number of rotatable bonds is 7. The predicted molar refractivity (Wildman–Crippen MR) is 73.0 cm³/mol. The lowest BCUT2D eigenvalue weighted by atomic mass is 10.2. The Hall–Kier alpha value is -1.91. The van der Waals surface area contributed by atoms with Crippen molar-refractivity contribution in [3.05, 3.63) is 24.2 Å². The van der Waals surface area contributed by atoms with Crippen LogP contribution in [-0.4, -0.2) is 25.6 Å². The van der Waals surface area contributed by atoms with E-state index in [1.165, 1.54) is 0 Å². The van der Waals surface area contributed by atoms with Crippen molar-refractivity contribution in [3.63, 3.8) is 0 Å². The topological polar surface area (TPSA) is 68.0 Å². The van der Waals surface area contributed by atoms with Crippen molar-refractivity contribution in [2.45, 2.75) is 45.6 Å². The molecule has 0 saturated heterocycles. The average Bonchev–Trinajstić information content (AvgIpc) is 2.74. The van der Waals surface area contributed by atoms with Crippen LogP contribution in [0, 0.1) is 0 Å². The molecule has 0 saturated carbocycles. The molecule has 0 aliphatic carbocycles. The number of aryl methyl sites for hydroxylation is 2. The SMILES string of the molecule is CCCn1c(CCCCC(=O)O)nc2cccnc21. The number of pyridine rings is 1. The monoisotopic (exact) mass is 261 g/mol. The summed E-state index contributed by atoms with van der Waals surface area (Å²) in [4.78, 5) is 19.5. The molecule has 0 spiro atoms. The van der Waals surface area contributed by atoms with E-state index >= 15 is 0 Å². The molecule has 2 heterocycles. The summed E-state index contributed by atoms with van der Waals surface area (Å²) in [6.45, 7) is 3.03. The second kappa shape index (κ2) is 6.31. The number of imidazole rings is 1. The molecule has 19 heavy (non-hydrogen) atoms. The van der Waals surface area contributed by atoms with Crippen LogP contribution in [0.3, 0.4) is 0 Å². The largest absolute Gasteiger partial charge is 0.481 e. The number of aliphatic carboxylic acids is 1. The summed E-state index contributed by atoms with van der Waals surface area (Å²) < 4.78 is 2.15. The van der Waals surface area contributed by atoms with Crippen LogP contribution in [0.15, 0.2) is 18.3 Å². The van der Waals surface area contributed by atoms with Crippen LogP contribution in [0.4, 0.5) is 0 Å². The normalized spacial score (nSPS) is 11.0. The molecule has 0 amide bonds. The van der Waals surface area contributed by atoms with Gasteiger partial charge >= 0.3 is 5.97 Å². The molecule has 0 atom stereocenters. The van der Waals surface area contributed by atoms with Gasteiger partial charge in [0.05, 0.1) is 0 Å². The maximum Gasteiger partial charge on any atom is 0.303 e. The minimum atomic E-state index is -0.733. The van der Waals surface area contributed by atoms with Crippen LogP contribution < -0.4 is 0 Å². The molecule has 0 bridgehead atoms. The number of carboxylic acids is 1. The van der Waals surface area contributed by atoms with Crippen molar-refractivity contribution in [2.75, 3.05) is 0 Å². The van der Waals surface area contributed by atoms with Gasteiger partial charge in [-0.15, -0.1) is 0 Å². The molecular weight excluding hydrogens is 242 g/mol. The van der Waals surface area contributed by atoms with Gasteiger partial charge in [-0.3, -0.25) is 4.79 Å². The third-order valence-corrected chi connectivity index (χ3v) is 3.07. The minimum Gasteiger partial charge on any atom is -0.481 e. The van der Waals surface area contributed by atoms with E-state index in [1.54, 1.807) is 6.20 Å².